The van der Waals surface area contributed by atoms with Gasteiger partial charge in [0.15, 0.2) is 5.65 Å². The van der Waals surface area contributed by atoms with Crippen molar-refractivity contribution in [2.45, 2.75) is 25.7 Å². The molecule has 36 heavy (non-hydrogen) atoms. The van der Waals surface area contributed by atoms with Crippen LogP contribution >= 0.6 is 0 Å². The van der Waals surface area contributed by atoms with Crippen molar-refractivity contribution in [3.8, 4) is 28.6 Å². The summed E-state index contributed by atoms with van der Waals surface area (Å²) >= 11 is 0. The average molecular weight is 480 g/mol. The normalized spacial score (nSPS) is 12.0. The van der Waals surface area contributed by atoms with E-state index in [1.54, 1.807) is 59.1 Å². The number of nitrogens with zero attached hydrogens (tertiary/aromatic N) is 3. The van der Waals surface area contributed by atoms with Gasteiger partial charge in [-0.2, -0.15) is 0 Å². The van der Waals surface area contributed by atoms with E-state index in [-0.39, 0.29) is 29.6 Å². The van der Waals surface area contributed by atoms with E-state index < -0.39 is 5.92 Å². The number of ketones is 1. The van der Waals surface area contributed by atoms with Crippen molar-refractivity contribution in [2.75, 3.05) is 0 Å². The lowest BCUT2D eigenvalue weighted by Gasteiger charge is -2.14. The van der Waals surface area contributed by atoms with Gasteiger partial charge < -0.3 is 15.3 Å². The molecule has 0 aliphatic carbocycles. The maximum absolute atomic E-state index is 12.2. The first-order chi connectivity index (χ1) is 17.4. The number of hydrogen-bond donors (Lipinski definition) is 3. The molecule has 0 spiro atoms. The fraction of sp³-hybridized carbons (Fsp3) is 0.138. The highest BCUT2D eigenvalue weighted by atomic mass is 16.3. The van der Waals surface area contributed by atoms with E-state index in [1.165, 1.54) is 6.92 Å². The highest BCUT2D eigenvalue weighted by molar-refractivity contribution is 5.77. The zero-order valence-corrected chi connectivity index (χ0v) is 19.7. The fourth-order valence-corrected chi connectivity index (χ4v) is 4.39. The number of carbonyl (C=O) groups is 1. The first-order valence-electron chi connectivity index (χ1n) is 11.6. The Kier molecular flexibility index (Phi) is 6.12. The van der Waals surface area contributed by atoms with Crippen molar-refractivity contribution in [3.63, 3.8) is 0 Å². The number of aromatic hydroxyl groups is 3. The van der Waals surface area contributed by atoms with Gasteiger partial charge in [-0.3, -0.25) is 9.20 Å². The third-order valence-corrected chi connectivity index (χ3v) is 6.17. The number of phenols is 2. The molecule has 7 heteroatoms. The van der Waals surface area contributed by atoms with Crippen molar-refractivity contribution in [3.05, 3.63) is 108 Å². The monoisotopic (exact) mass is 479 g/mol. The summed E-state index contributed by atoms with van der Waals surface area (Å²) in [5, 5.41) is 30.8. The molecule has 0 aliphatic rings. The molecule has 180 valence electrons. The molecule has 0 amide bonds. The van der Waals surface area contributed by atoms with Crippen LogP contribution in [0.3, 0.4) is 0 Å². The van der Waals surface area contributed by atoms with E-state index in [4.69, 9.17) is 9.97 Å². The minimum Gasteiger partial charge on any atom is -0.508 e. The lowest BCUT2D eigenvalue weighted by molar-refractivity contribution is -0.117. The van der Waals surface area contributed by atoms with E-state index >= 15 is 0 Å². The topological polar surface area (TPSA) is 108 Å². The maximum atomic E-state index is 12.2. The van der Waals surface area contributed by atoms with Gasteiger partial charge in [0.1, 0.15) is 23.0 Å². The van der Waals surface area contributed by atoms with Crippen LogP contribution in [0.15, 0.2) is 85.1 Å². The van der Waals surface area contributed by atoms with Crippen molar-refractivity contribution in [1.29, 1.82) is 0 Å². The molecule has 0 saturated carbocycles. The Labute approximate surface area is 208 Å². The van der Waals surface area contributed by atoms with E-state index in [1.807, 2.05) is 30.3 Å². The average Bonchev–Trinajstić information content (AvgIpc) is 3.20. The fourth-order valence-electron chi connectivity index (χ4n) is 4.39. The number of rotatable bonds is 7. The number of benzene rings is 3. The molecule has 1 atom stereocenters. The van der Waals surface area contributed by atoms with Gasteiger partial charge >= 0.3 is 0 Å². The lowest BCUT2D eigenvalue weighted by atomic mass is 9.91. The molecule has 0 radical (unpaired) electrons. The largest absolute Gasteiger partial charge is 0.508 e. The summed E-state index contributed by atoms with van der Waals surface area (Å²) < 4.78 is 1.61. The molecular weight excluding hydrogens is 454 g/mol. The number of imidazole rings is 1. The number of fused-ring (bicyclic) bond motifs is 1. The molecule has 7 nitrogen and oxygen atoms in total. The second-order valence-electron chi connectivity index (χ2n) is 8.85. The molecule has 2 aromatic heterocycles. The maximum Gasteiger partial charge on any atom is 0.220 e. The minimum atomic E-state index is -0.496. The van der Waals surface area contributed by atoms with Gasteiger partial charge in [-0.1, -0.05) is 42.5 Å². The Morgan fingerprint density at radius 2 is 1.50 bits per heavy atom. The van der Waals surface area contributed by atoms with Crippen LogP contribution in [0.25, 0.3) is 16.9 Å². The Morgan fingerprint density at radius 3 is 2.14 bits per heavy atom. The standard InChI is InChI=1S/C29H25N3O4/c1-18(33)15-24(20-7-11-22(34)12-8-20)27-29(36)32-17-26(21-9-13-23(35)14-10-21)30-25(28(32)31-27)16-19-5-3-2-4-6-19/h2-14,17,24,34-36H,15-16H2,1H3. The van der Waals surface area contributed by atoms with Crippen molar-refractivity contribution < 1.29 is 20.1 Å². The first kappa shape index (κ1) is 23.1. The van der Waals surface area contributed by atoms with E-state index in [2.05, 4.69) is 0 Å². The zero-order valence-electron chi connectivity index (χ0n) is 19.7. The quantitative estimate of drug-likeness (QED) is 0.296. The third-order valence-electron chi connectivity index (χ3n) is 6.17. The van der Waals surface area contributed by atoms with Crippen LogP contribution in [-0.2, 0) is 11.2 Å². The van der Waals surface area contributed by atoms with Gasteiger partial charge in [0, 0.05) is 30.5 Å². The summed E-state index contributed by atoms with van der Waals surface area (Å²) in [7, 11) is 0. The van der Waals surface area contributed by atoms with E-state index in [9.17, 15) is 20.1 Å². The molecule has 5 rings (SSSR count). The summed E-state index contributed by atoms with van der Waals surface area (Å²) in [5.41, 5.74) is 4.73. The SMILES string of the molecule is CC(=O)CC(c1ccc(O)cc1)c1nc2c(Cc3ccccc3)nc(-c3ccc(O)cc3)cn2c1O. The second-order valence-corrected chi connectivity index (χ2v) is 8.85. The van der Waals surface area contributed by atoms with Crippen molar-refractivity contribution in [1.82, 2.24) is 14.4 Å². The Balaban J connectivity index is 1.70. The Hall–Kier alpha value is -4.65. The van der Waals surface area contributed by atoms with Crippen LogP contribution < -0.4 is 0 Å². The number of Topliss-reactive ketones (excluding diaryl/α,β-unsaturated/α-hetero) is 1. The summed E-state index contributed by atoms with van der Waals surface area (Å²) in [6.07, 6.45) is 2.35. The number of carbonyl (C=O) groups excluding carboxylic acids is 1. The predicted molar refractivity (Wildman–Crippen MR) is 136 cm³/mol. The van der Waals surface area contributed by atoms with E-state index in [0.29, 0.717) is 29.1 Å². The predicted octanol–water partition coefficient (Wildman–Crippen LogP) is 5.21. The van der Waals surface area contributed by atoms with E-state index in [0.717, 1.165) is 16.7 Å². The van der Waals surface area contributed by atoms with Crippen LogP contribution in [0, 0.1) is 0 Å². The molecule has 0 aliphatic heterocycles. The smallest absolute Gasteiger partial charge is 0.220 e. The number of aromatic nitrogens is 3. The van der Waals surface area contributed by atoms with Crippen molar-refractivity contribution in [2.24, 2.45) is 0 Å². The number of phenolic OH excluding ortho intramolecular Hbond substituents is 2. The van der Waals surface area contributed by atoms with Crippen LogP contribution in [0.4, 0.5) is 0 Å². The van der Waals surface area contributed by atoms with Crippen LogP contribution in [-0.4, -0.2) is 35.5 Å². The van der Waals surface area contributed by atoms with Gasteiger partial charge in [0.2, 0.25) is 5.88 Å². The Bertz CT molecular complexity index is 1530. The summed E-state index contributed by atoms with van der Waals surface area (Å²) in [6.45, 7) is 1.51. The van der Waals surface area contributed by atoms with Crippen molar-refractivity contribution >= 4 is 11.4 Å². The van der Waals surface area contributed by atoms with Gasteiger partial charge in [-0.05, 0) is 54.4 Å². The molecule has 0 bridgehead atoms. The van der Waals surface area contributed by atoms with Crippen LogP contribution in [0.1, 0.15) is 41.8 Å². The number of hydrogen-bond acceptors (Lipinski definition) is 6. The van der Waals surface area contributed by atoms with Gasteiger partial charge in [0.25, 0.3) is 0 Å². The molecule has 5 aromatic rings. The summed E-state index contributed by atoms with van der Waals surface area (Å²) in [6, 6.07) is 23.2. The highest BCUT2D eigenvalue weighted by Crippen LogP contribution is 2.36. The van der Waals surface area contributed by atoms with Gasteiger partial charge in [-0.25, -0.2) is 9.97 Å². The zero-order chi connectivity index (χ0) is 25.2. The molecule has 1 unspecified atom stereocenters. The molecule has 0 saturated heterocycles. The van der Waals surface area contributed by atoms with Gasteiger partial charge in [-0.15, -0.1) is 0 Å². The summed E-state index contributed by atoms with van der Waals surface area (Å²) in [5.74, 6) is -0.340. The van der Waals surface area contributed by atoms with Crippen LogP contribution in [0.2, 0.25) is 0 Å². The first-order valence-corrected chi connectivity index (χ1v) is 11.6. The van der Waals surface area contributed by atoms with Crippen LogP contribution in [0.5, 0.6) is 17.4 Å². The molecule has 3 aromatic carbocycles. The molecule has 2 heterocycles. The Morgan fingerprint density at radius 1 is 0.861 bits per heavy atom. The minimum absolute atomic E-state index is 0.0445. The molecule has 3 N–H and O–H groups in total. The molecule has 0 fully saturated rings. The highest BCUT2D eigenvalue weighted by Gasteiger charge is 2.26. The molecular formula is C29H25N3O4. The second kappa shape index (κ2) is 9.54. The third kappa shape index (κ3) is 4.63. The van der Waals surface area contributed by atoms with Gasteiger partial charge in [0.05, 0.1) is 11.4 Å². The summed E-state index contributed by atoms with van der Waals surface area (Å²) in [4.78, 5) is 21.9. The lowest BCUT2D eigenvalue weighted by Crippen LogP contribution is -2.07.